The molecule has 2 aromatic rings. The van der Waals surface area contributed by atoms with Crippen molar-refractivity contribution in [3.63, 3.8) is 0 Å². The molecule has 1 aliphatic heterocycles. The molecule has 0 unspecified atom stereocenters. The van der Waals surface area contributed by atoms with Gasteiger partial charge in [-0.1, -0.05) is 48.0 Å². The summed E-state index contributed by atoms with van der Waals surface area (Å²) >= 11 is 6.15. The zero-order valence-corrected chi connectivity index (χ0v) is 13.8. The molecular weight excluding hydrogens is 308 g/mol. The smallest absolute Gasteiger partial charge is 0.251 e. The van der Waals surface area contributed by atoms with Crippen molar-refractivity contribution in [1.29, 1.82) is 0 Å². The highest BCUT2D eigenvalue weighted by Gasteiger charge is 2.21. The van der Waals surface area contributed by atoms with Gasteiger partial charge in [0.25, 0.3) is 5.91 Å². The van der Waals surface area contributed by atoms with Gasteiger partial charge in [0.05, 0.1) is 0 Å². The van der Waals surface area contributed by atoms with E-state index < -0.39 is 0 Å². The minimum absolute atomic E-state index is 0.000413. The van der Waals surface area contributed by atoms with Crippen LogP contribution in [0.5, 0.6) is 0 Å². The number of rotatable bonds is 5. The van der Waals surface area contributed by atoms with E-state index in [0.29, 0.717) is 12.5 Å². The van der Waals surface area contributed by atoms with Crippen LogP contribution in [0.4, 0.5) is 0 Å². The van der Waals surface area contributed by atoms with Gasteiger partial charge in [0.2, 0.25) is 0 Å². The summed E-state index contributed by atoms with van der Waals surface area (Å²) in [6.45, 7) is 2.55. The molecule has 2 N–H and O–H groups in total. The highest BCUT2D eigenvalue weighted by atomic mass is 35.5. The molecule has 3 rings (SSSR count). The second-order valence-electron chi connectivity index (χ2n) is 5.87. The first-order valence-electron chi connectivity index (χ1n) is 8.07. The summed E-state index contributed by atoms with van der Waals surface area (Å²) in [4.78, 5) is 12.5. The lowest BCUT2D eigenvalue weighted by Crippen LogP contribution is -2.27. The van der Waals surface area contributed by atoms with Crippen LogP contribution < -0.4 is 10.6 Å². The van der Waals surface area contributed by atoms with Crippen LogP contribution >= 0.6 is 11.6 Å². The average molecular weight is 329 g/mol. The Hall–Kier alpha value is -1.84. The molecule has 0 saturated carbocycles. The Kier molecular flexibility index (Phi) is 5.31. The third-order valence-electron chi connectivity index (χ3n) is 4.34. The largest absolute Gasteiger partial charge is 0.352 e. The van der Waals surface area contributed by atoms with Crippen LogP contribution in [0.15, 0.2) is 48.5 Å². The number of hydrogen-bond donors (Lipinski definition) is 2. The van der Waals surface area contributed by atoms with Gasteiger partial charge in [-0.2, -0.15) is 0 Å². The molecule has 2 aromatic carbocycles. The molecule has 1 atom stereocenters. The topological polar surface area (TPSA) is 41.1 Å². The maximum absolute atomic E-state index is 12.5. The Bertz CT molecular complexity index is 681. The molecule has 3 nitrogen and oxygen atoms in total. The van der Waals surface area contributed by atoms with Crippen molar-refractivity contribution in [3.8, 4) is 0 Å². The normalized spacial score (nSPS) is 17.2. The number of halogens is 1. The SMILES string of the molecule is O=C(NCCc1ccccc1Cl)c1ccccc1[C@@H]1CCNC1. The summed E-state index contributed by atoms with van der Waals surface area (Å²) in [7, 11) is 0. The number of carbonyl (C=O) groups is 1. The van der Waals surface area contributed by atoms with Crippen LogP contribution in [0.3, 0.4) is 0 Å². The van der Waals surface area contributed by atoms with E-state index in [9.17, 15) is 4.79 Å². The van der Waals surface area contributed by atoms with Crippen LogP contribution in [0, 0.1) is 0 Å². The molecule has 0 spiro atoms. The van der Waals surface area contributed by atoms with E-state index in [1.54, 1.807) is 0 Å². The summed E-state index contributed by atoms with van der Waals surface area (Å²) in [5.74, 6) is 0.431. The summed E-state index contributed by atoms with van der Waals surface area (Å²) in [5, 5.41) is 7.13. The highest BCUT2D eigenvalue weighted by Crippen LogP contribution is 2.25. The van der Waals surface area contributed by atoms with Crippen molar-refractivity contribution < 1.29 is 4.79 Å². The Morgan fingerprint density at radius 3 is 2.74 bits per heavy atom. The van der Waals surface area contributed by atoms with Crippen LogP contribution in [-0.4, -0.2) is 25.5 Å². The zero-order chi connectivity index (χ0) is 16.1. The summed E-state index contributed by atoms with van der Waals surface area (Å²) in [5.41, 5.74) is 3.00. The highest BCUT2D eigenvalue weighted by molar-refractivity contribution is 6.31. The first-order chi connectivity index (χ1) is 11.3. The number of benzene rings is 2. The predicted molar refractivity (Wildman–Crippen MR) is 94.2 cm³/mol. The van der Waals surface area contributed by atoms with E-state index in [1.807, 2.05) is 42.5 Å². The van der Waals surface area contributed by atoms with Crippen molar-refractivity contribution in [2.45, 2.75) is 18.8 Å². The van der Waals surface area contributed by atoms with Crippen molar-refractivity contribution in [2.75, 3.05) is 19.6 Å². The Morgan fingerprint density at radius 1 is 1.17 bits per heavy atom. The van der Waals surface area contributed by atoms with Gasteiger partial charge in [-0.05, 0) is 48.6 Å². The number of amides is 1. The maximum atomic E-state index is 12.5. The lowest BCUT2D eigenvalue weighted by molar-refractivity contribution is 0.0953. The first kappa shape index (κ1) is 16.0. The van der Waals surface area contributed by atoms with E-state index in [2.05, 4.69) is 16.7 Å². The van der Waals surface area contributed by atoms with E-state index >= 15 is 0 Å². The van der Waals surface area contributed by atoms with Gasteiger partial charge in [-0.3, -0.25) is 4.79 Å². The minimum atomic E-state index is -0.000413. The van der Waals surface area contributed by atoms with Gasteiger partial charge in [-0.25, -0.2) is 0 Å². The lowest BCUT2D eigenvalue weighted by atomic mass is 9.93. The van der Waals surface area contributed by atoms with E-state index in [1.165, 1.54) is 0 Å². The molecular formula is C19H21ClN2O. The van der Waals surface area contributed by atoms with Gasteiger partial charge in [-0.15, -0.1) is 0 Å². The van der Waals surface area contributed by atoms with E-state index in [4.69, 9.17) is 11.6 Å². The van der Waals surface area contributed by atoms with Gasteiger partial charge >= 0.3 is 0 Å². The van der Waals surface area contributed by atoms with E-state index in [0.717, 1.165) is 47.6 Å². The van der Waals surface area contributed by atoms with Crippen LogP contribution in [0.2, 0.25) is 5.02 Å². The Labute approximate surface area is 142 Å². The third-order valence-corrected chi connectivity index (χ3v) is 4.71. The molecule has 1 fully saturated rings. The van der Waals surface area contributed by atoms with Crippen molar-refractivity contribution in [3.05, 3.63) is 70.2 Å². The molecule has 23 heavy (non-hydrogen) atoms. The maximum Gasteiger partial charge on any atom is 0.251 e. The Morgan fingerprint density at radius 2 is 1.96 bits per heavy atom. The second kappa shape index (κ2) is 7.62. The summed E-state index contributed by atoms with van der Waals surface area (Å²) < 4.78 is 0. The van der Waals surface area contributed by atoms with Crippen molar-refractivity contribution in [2.24, 2.45) is 0 Å². The zero-order valence-electron chi connectivity index (χ0n) is 13.0. The second-order valence-corrected chi connectivity index (χ2v) is 6.28. The fourth-order valence-corrected chi connectivity index (χ4v) is 3.32. The summed E-state index contributed by atoms with van der Waals surface area (Å²) in [6.07, 6.45) is 1.82. The molecule has 0 bridgehead atoms. The van der Waals surface area contributed by atoms with Crippen LogP contribution in [-0.2, 0) is 6.42 Å². The quantitative estimate of drug-likeness (QED) is 0.883. The standard InChI is InChI=1S/C19H21ClN2O/c20-18-8-4-1-5-14(18)10-12-22-19(23)17-7-3-2-6-16(17)15-9-11-21-13-15/h1-8,15,21H,9-13H2,(H,22,23)/t15-/m1/s1. The van der Waals surface area contributed by atoms with Gasteiger partial charge in [0.15, 0.2) is 0 Å². The van der Waals surface area contributed by atoms with Gasteiger partial charge in [0, 0.05) is 23.7 Å². The Balaban J connectivity index is 1.63. The van der Waals surface area contributed by atoms with Crippen molar-refractivity contribution >= 4 is 17.5 Å². The number of nitrogens with one attached hydrogen (secondary N) is 2. The van der Waals surface area contributed by atoms with E-state index in [-0.39, 0.29) is 5.91 Å². The first-order valence-corrected chi connectivity index (χ1v) is 8.45. The van der Waals surface area contributed by atoms with Gasteiger partial charge in [0.1, 0.15) is 0 Å². The number of hydrogen-bond acceptors (Lipinski definition) is 2. The molecule has 120 valence electrons. The molecule has 1 aliphatic rings. The molecule has 1 heterocycles. The molecule has 4 heteroatoms. The predicted octanol–water partition coefficient (Wildman–Crippen LogP) is 3.39. The monoisotopic (exact) mass is 328 g/mol. The average Bonchev–Trinajstić information content (AvgIpc) is 3.11. The molecule has 0 aromatic heterocycles. The molecule has 1 saturated heterocycles. The fourth-order valence-electron chi connectivity index (χ4n) is 3.09. The lowest BCUT2D eigenvalue weighted by Gasteiger charge is -2.14. The molecule has 1 amide bonds. The van der Waals surface area contributed by atoms with Crippen LogP contribution in [0.25, 0.3) is 0 Å². The third kappa shape index (κ3) is 3.92. The van der Waals surface area contributed by atoms with Crippen LogP contribution in [0.1, 0.15) is 33.8 Å². The minimum Gasteiger partial charge on any atom is -0.352 e. The molecule has 0 aliphatic carbocycles. The number of carbonyl (C=O) groups excluding carboxylic acids is 1. The van der Waals surface area contributed by atoms with Gasteiger partial charge < -0.3 is 10.6 Å². The fraction of sp³-hybridized carbons (Fsp3) is 0.316. The molecule has 0 radical (unpaired) electrons. The summed E-state index contributed by atoms with van der Waals surface area (Å²) in [6, 6.07) is 15.7. The van der Waals surface area contributed by atoms with Crippen molar-refractivity contribution in [1.82, 2.24) is 10.6 Å².